The first-order chi connectivity index (χ1) is 12.8. The van der Waals surface area contributed by atoms with Crippen molar-refractivity contribution < 1.29 is 0 Å². The third-order valence-electron chi connectivity index (χ3n) is 5.42. The molecular weight excluding hydrogens is 344 g/mol. The summed E-state index contributed by atoms with van der Waals surface area (Å²) in [4.78, 5) is 24.8. The van der Waals surface area contributed by atoms with Crippen molar-refractivity contribution in [2.24, 2.45) is 0 Å². The van der Waals surface area contributed by atoms with E-state index < -0.39 is 0 Å². The van der Waals surface area contributed by atoms with Gasteiger partial charge in [-0.05, 0) is 61.9 Å². The Morgan fingerprint density at radius 1 is 1.12 bits per heavy atom. The van der Waals surface area contributed by atoms with Crippen LogP contribution in [0.5, 0.6) is 0 Å². The van der Waals surface area contributed by atoms with E-state index in [9.17, 15) is 4.79 Å². The molecule has 1 saturated heterocycles. The van der Waals surface area contributed by atoms with Crippen LogP contribution in [-0.4, -0.2) is 23.1 Å². The van der Waals surface area contributed by atoms with Crippen LogP contribution in [0.1, 0.15) is 35.5 Å². The van der Waals surface area contributed by atoms with E-state index in [0.717, 1.165) is 48.3 Å². The van der Waals surface area contributed by atoms with E-state index in [1.807, 2.05) is 0 Å². The number of H-pyrrole nitrogens is 1. The molecule has 3 heterocycles. The zero-order valence-electron chi connectivity index (χ0n) is 14.7. The second-order valence-electron chi connectivity index (χ2n) is 7.14. The van der Waals surface area contributed by atoms with Gasteiger partial charge in [-0.15, -0.1) is 11.3 Å². The number of nitrogens with zero attached hydrogens (tertiary/aromatic N) is 2. The van der Waals surface area contributed by atoms with E-state index in [4.69, 9.17) is 0 Å². The van der Waals surface area contributed by atoms with Crippen LogP contribution in [-0.2, 0) is 19.4 Å². The summed E-state index contributed by atoms with van der Waals surface area (Å²) in [7, 11) is 0. The molecule has 1 fully saturated rings. The maximum Gasteiger partial charge on any atom is 0.259 e. The molecule has 134 valence electrons. The quantitative estimate of drug-likeness (QED) is 0.739. The molecule has 26 heavy (non-hydrogen) atoms. The van der Waals surface area contributed by atoms with E-state index in [-0.39, 0.29) is 5.56 Å². The zero-order valence-corrected chi connectivity index (χ0v) is 15.5. The lowest BCUT2D eigenvalue weighted by atomic mass is 10.2. The highest BCUT2D eigenvalue weighted by molar-refractivity contribution is 7.18. The minimum absolute atomic E-state index is 0.00980. The molecule has 6 heteroatoms. The molecule has 2 aromatic heterocycles. The number of benzene rings is 1. The number of aromatic amines is 1. The van der Waals surface area contributed by atoms with Gasteiger partial charge in [0.2, 0.25) is 0 Å². The SMILES string of the molecule is O=c1[nH]c(CNc2ccc(N3CCCC3)cc2)nc2sc3c(c12)CCC3. The second kappa shape index (κ2) is 6.43. The van der Waals surface area contributed by atoms with Crippen LogP contribution < -0.4 is 15.8 Å². The first-order valence-corrected chi connectivity index (χ1v) is 10.2. The molecular formula is C20H22N4OS. The Morgan fingerprint density at radius 3 is 2.73 bits per heavy atom. The van der Waals surface area contributed by atoms with Crippen molar-refractivity contribution >= 4 is 32.9 Å². The monoisotopic (exact) mass is 366 g/mol. The molecule has 3 aromatic rings. The van der Waals surface area contributed by atoms with Gasteiger partial charge in [0.05, 0.1) is 11.9 Å². The summed E-state index contributed by atoms with van der Waals surface area (Å²) in [6.45, 7) is 2.84. The number of fused-ring (bicyclic) bond motifs is 3. The van der Waals surface area contributed by atoms with Gasteiger partial charge in [-0.1, -0.05) is 0 Å². The Kier molecular flexibility index (Phi) is 3.93. The first kappa shape index (κ1) is 15.9. The minimum Gasteiger partial charge on any atom is -0.378 e. The largest absolute Gasteiger partial charge is 0.378 e. The highest BCUT2D eigenvalue weighted by Crippen LogP contribution is 2.34. The van der Waals surface area contributed by atoms with Gasteiger partial charge < -0.3 is 15.2 Å². The number of nitrogens with one attached hydrogen (secondary N) is 2. The van der Waals surface area contributed by atoms with Gasteiger partial charge in [0.1, 0.15) is 10.7 Å². The fraction of sp³-hybridized carbons (Fsp3) is 0.400. The molecule has 0 bridgehead atoms. The zero-order chi connectivity index (χ0) is 17.5. The fourth-order valence-electron chi connectivity index (χ4n) is 4.08. The molecule has 0 unspecified atom stereocenters. The molecule has 0 atom stereocenters. The Balaban J connectivity index is 1.33. The van der Waals surface area contributed by atoms with E-state index in [1.165, 1.54) is 29.0 Å². The summed E-state index contributed by atoms with van der Waals surface area (Å²) < 4.78 is 0. The molecule has 0 saturated carbocycles. The lowest BCUT2D eigenvalue weighted by Gasteiger charge is -2.17. The van der Waals surface area contributed by atoms with Gasteiger partial charge in [-0.25, -0.2) is 4.98 Å². The topological polar surface area (TPSA) is 61.0 Å². The van der Waals surface area contributed by atoms with Gasteiger partial charge in [0.15, 0.2) is 0 Å². The van der Waals surface area contributed by atoms with Gasteiger partial charge in [0.25, 0.3) is 5.56 Å². The lowest BCUT2D eigenvalue weighted by Crippen LogP contribution is -2.17. The number of anilines is 2. The summed E-state index contributed by atoms with van der Waals surface area (Å²) in [6.07, 6.45) is 5.84. The summed E-state index contributed by atoms with van der Waals surface area (Å²) in [6, 6.07) is 8.53. The molecule has 0 amide bonds. The number of aromatic nitrogens is 2. The summed E-state index contributed by atoms with van der Waals surface area (Å²) in [5.74, 6) is 0.700. The van der Waals surface area contributed by atoms with Crippen LogP contribution >= 0.6 is 11.3 Å². The van der Waals surface area contributed by atoms with Gasteiger partial charge in [0, 0.05) is 29.3 Å². The van der Waals surface area contributed by atoms with E-state index in [0.29, 0.717) is 12.4 Å². The van der Waals surface area contributed by atoms with Crippen LogP contribution in [0.25, 0.3) is 10.2 Å². The molecule has 5 nitrogen and oxygen atoms in total. The van der Waals surface area contributed by atoms with E-state index in [1.54, 1.807) is 11.3 Å². The standard InChI is InChI=1S/C20H22N4OS/c25-19-18-15-4-3-5-16(15)26-20(18)23-17(22-19)12-21-13-6-8-14(9-7-13)24-10-1-2-11-24/h6-9,21H,1-5,10-12H2,(H,22,23,25). The maximum absolute atomic E-state index is 12.5. The summed E-state index contributed by atoms with van der Waals surface area (Å²) in [5, 5.41) is 4.19. The van der Waals surface area contributed by atoms with E-state index >= 15 is 0 Å². The number of hydrogen-bond donors (Lipinski definition) is 2. The normalized spacial score (nSPS) is 16.4. The van der Waals surface area contributed by atoms with Crippen LogP contribution in [0, 0.1) is 0 Å². The molecule has 0 radical (unpaired) electrons. The highest BCUT2D eigenvalue weighted by Gasteiger charge is 2.21. The fourth-order valence-corrected chi connectivity index (χ4v) is 5.36. The molecule has 1 aromatic carbocycles. The smallest absolute Gasteiger partial charge is 0.259 e. The molecule has 2 aliphatic rings. The van der Waals surface area contributed by atoms with Crippen molar-refractivity contribution in [1.82, 2.24) is 9.97 Å². The van der Waals surface area contributed by atoms with Crippen LogP contribution in [0.15, 0.2) is 29.1 Å². The van der Waals surface area contributed by atoms with Crippen LogP contribution in [0.4, 0.5) is 11.4 Å². The van der Waals surface area contributed by atoms with E-state index in [2.05, 4.69) is 44.5 Å². The van der Waals surface area contributed by atoms with Crippen LogP contribution in [0.3, 0.4) is 0 Å². The maximum atomic E-state index is 12.5. The average molecular weight is 366 g/mol. The minimum atomic E-state index is 0.00980. The second-order valence-corrected chi connectivity index (χ2v) is 8.23. The highest BCUT2D eigenvalue weighted by atomic mass is 32.1. The number of hydrogen-bond acceptors (Lipinski definition) is 5. The molecule has 0 spiro atoms. The Hall–Kier alpha value is -2.34. The van der Waals surface area contributed by atoms with Crippen molar-refractivity contribution in [1.29, 1.82) is 0 Å². The van der Waals surface area contributed by atoms with Crippen molar-refractivity contribution in [2.75, 3.05) is 23.3 Å². The third kappa shape index (κ3) is 2.78. The summed E-state index contributed by atoms with van der Waals surface area (Å²) in [5.41, 5.74) is 3.57. The van der Waals surface area contributed by atoms with Crippen molar-refractivity contribution in [3.05, 3.63) is 50.9 Å². The van der Waals surface area contributed by atoms with Gasteiger partial charge >= 0.3 is 0 Å². The predicted molar refractivity (Wildman–Crippen MR) is 107 cm³/mol. The first-order valence-electron chi connectivity index (χ1n) is 9.40. The molecule has 1 aliphatic heterocycles. The Labute approximate surface area is 156 Å². The van der Waals surface area contributed by atoms with Crippen LogP contribution in [0.2, 0.25) is 0 Å². The predicted octanol–water partition coefficient (Wildman–Crippen LogP) is 3.69. The Morgan fingerprint density at radius 2 is 1.92 bits per heavy atom. The number of rotatable bonds is 4. The Bertz CT molecular complexity index is 999. The lowest BCUT2D eigenvalue weighted by molar-refractivity contribution is 0.913. The average Bonchev–Trinajstić information content (AvgIpc) is 3.37. The van der Waals surface area contributed by atoms with Crippen molar-refractivity contribution in [2.45, 2.75) is 38.6 Å². The molecule has 2 N–H and O–H groups in total. The van der Waals surface area contributed by atoms with Crippen molar-refractivity contribution in [3.8, 4) is 0 Å². The molecule has 5 rings (SSSR count). The molecule has 1 aliphatic carbocycles. The summed E-state index contributed by atoms with van der Waals surface area (Å²) >= 11 is 1.69. The van der Waals surface area contributed by atoms with Gasteiger partial charge in [-0.3, -0.25) is 4.79 Å². The van der Waals surface area contributed by atoms with Gasteiger partial charge in [-0.2, -0.15) is 0 Å². The number of thiophene rings is 1. The van der Waals surface area contributed by atoms with Crippen molar-refractivity contribution in [3.63, 3.8) is 0 Å². The third-order valence-corrected chi connectivity index (χ3v) is 6.61. The number of aryl methyl sites for hydroxylation is 2.